The van der Waals surface area contributed by atoms with E-state index in [4.69, 9.17) is 13.7 Å². The minimum absolute atomic E-state index is 0.114. The minimum atomic E-state index is -3.71. The van der Waals surface area contributed by atoms with E-state index in [0.717, 1.165) is 50.3 Å². The molecule has 0 aromatic carbocycles. The molecule has 8 nitrogen and oxygen atoms in total. The van der Waals surface area contributed by atoms with Gasteiger partial charge >= 0.3 is 11.9 Å². The molecular weight excluding hydrogens is 466 g/mol. The first-order valence-corrected chi connectivity index (χ1v) is 15.0. The second kappa shape index (κ2) is 8.99. The molecule has 5 aliphatic rings. The quantitative estimate of drug-likeness (QED) is 0.400. The van der Waals surface area contributed by atoms with Crippen LogP contribution >= 0.6 is 11.8 Å². The molecule has 33 heavy (non-hydrogen) atoms. The van der Waals surface area contributed by atoms with E-state index in [0.29, 0.717) is 6.42 Å². The van der Waals surface area contributed by atoms with Crippen molar-refractivity contribution in [3.63, 3.8) is 0 Å². The van der Waals surface area contributed by atoms with Crippen LogP contribution in [-0.4, -0.2) is 80.0 Å². The number of carbonyl (C=O) groups excluding carboxylic acids is 2. The SMILES string of the molecule is CC(C)C1(OC(=O)C2C3CC(C4COS(=O)(=O)C43)C2OC(=O)CN2CCSCC2)CCCC1. The standard InChI is InChI=1S/C23H35NO7S2/c1-14(2)23(5-3-4-6-23)31-22(26)19-16-11-15(17-13-29-33(27,28)21(16)17)20(19)30-18(25)12-24-7-9-32-10-8-24/h14-17,19-21H,3-13H2,1-2H3. The number of rotatable bonds is 6. The van der Waals surface area contributed by atoms with Crippen molar-refractivity contribution in [1.82, 2.24) is 4.90 Å². The van der Waals surface area contributed by atoms with E-state index in [9.17, 15) is 18.0 Å². The Morgan fingerprint density at radius 3 is 2.48 bits per heavy atom. The molecule has 10 heteroatoms. The van der Waals surface area contributed by atoms with Crippen molar-refractivity contribution in [2.75, 3.05) is 37.7 Å². The molecule has 2 bridgehead atoms. The van der Waals surface area contributed by atoms with E-state index in [2.05, 4.69) is 18.7 Å². The van der Waals surface area contributed by atoms with Crippen LogP contribution in [0.1, 0.15) is 46.0 Å². The van der Waals surface area contributed by atoms with Gasteiger partial charge in [-0.15, -0.1) is 0 Å². The van der Waals surface area contributed by atoms with Gasteiger partial charge in [0.05, 0.1) is 24.3 Å². The lowest BCUT2D eigenvalue weighted by molar-refractivity contribution is -0.181. The van der Waals surface area contributed by atoms with E-state index < -0.39 is 44.9 Å². The molecule has 3 saturated carbocycles. The highest BCUT2D eigenvalue weighted by Gasteiger charge is 2.68. The van der Waals surface area contributed by atoms with Crippen molar-refractivity contribution in [1.29, 1.82) is 0 Å². The molecule has 0 spiro atoms. The van der Waals surface area contributed by atoms with Crippen LogP contribution in [0.25, 0.3) is 0 Å². The van der Waals surface area contributed by atoms with Crippen molar-refractivity contribution in [3.8, 4) is 0 Å². The second-order valence-corrected chi connectivity index (χ2v) is 13.7. The maximum Gasteiger partial charge on any atom is 0.320 e. The van der Waals surface area contributed by atoms with Crippen LogP contribution in [0, 0.1) is 29.6 Å². The van der Waals surface area contributed by atoms with Gasteiger partial charge in [-0.2, -0.15) is 20.2 Å². The molecule has 2 saturated heterocycles. The molecule has 0 N–H and O–H groups in total. The molecular formula is C23H35NO7S2. The molecule has 0 amide bonds. The van der Waals surface area contributed by atoms with Gasteiger partial charge in [-0.1, -0.05) is 13.8 Å². The van der Waals surface area contributed by atoms with Gasteiger partial charge in [0.25, 0.3) is 10.1 Å². The van der Waals surface area contributed by atoms with E-state index in [1.165, 1.54) is 0 Å². The van der Waals surface area contributed by atoms with Gasteiger partial charge in [-0.3, -0.25) is 18.7 Å². The van der Waals surface area contributed by atoms with Crippen molar-refractivity contribution in [2.24, 2.45) is 29.6 Å². The predicted octanol–water partition coefficient (Wildman–Crippen LogP) is 2.07. The Balaban J connectivity index is 1.36. The highest BCUT2D eigenvalue weighted by molar-refractivity contribution is 7.99. The van der Waals surface area contributed by atoms with Gasteiger partial charge in [0.1, 0.15) is 11.7 Å². The molecule has 2 aliphatic heterocycles. The minimum Gasteiger partial charge on any atom is -0.460 e. The van der Waals surface area contributed by atoms with Crippen LogP contribution in [0.3, 0.4) is 0 Å². The highest BCUT2D eigenvalue weighted by atomic mass is 32.2. The third kappa shape index (κ3) is 4.23. The lowest BCUT2D eigenvalue weighted by Gasteiger charge is -2.39. The summed E-state index contributed by atoms with van der Waals surface area (Å²) >= 11 is 1.87. The third-order valence-electron chi connectivity index (χ3n) is 8.74. The van der Waals surface area contributed by atoms with E-state index >= 15 is 0 Å². The van der Waals surface area contributed by atoms with Gasteiger partial charge in [-0.05, 0) is 43.9 Å². The number of esters is 2. The smallest absolute Gasteiger partial charge is 0.320 e. The molecule has 186 valence electrons. The van der Waals surface area contributed by atoms with Gasteiger partial charge < -0.3 is 9.47 Å². The Bertz CT molecular complexity index is 879. The second-order valence-electron chi connectivity index (χ2n) is 10.7. The number of carbonyl (C=O) groups is 2. The maximum atomic E-state index is 13.6. The molecule has 2 heterocycles. The normalized spacial score (nSPS) is 39.0. The molecule has 0 aromatic rings. The van der Waals surface area contributed by atoms with E-state index in [-0.39, 0.29) is 36.9 Å². The maximum absolute atomic E-state index is 13.6. The highest BCUT2D eigenvalue weighted by Crippen LogP contribution is 2.58. The monoisotopic (exact) mass is 501 g/mol. The molecule has 0 radical (unpaired) electrons. The van der Waals surface area contributed by atoms with Crippen molar-refractivity contribution in [2.45, 2.75) is 62.9 Å². The fraction of sp³-hybridized carbons (Fsp3) is 0.913. The number of thioether (sulfide) groups is 1. The summed E-state index contributed by atoms with van der Waals surface area (Å²) in [7, 11) is -3.71. The van der Waals surface area contributed by atoms with Gasteiger partial charge in [0, 0.05) is 36.4 Å². The van der Waals surface area contributed by atoms with E-state index in [1.807, 2.05) is 11.8 Å². The first-order valence-electron chi connectivity index (χ1n) is 12.3. The fourth-order valence-electron chi connectivity index (χ4n) is 6.96. The van der Waals surface area contributed by atoms with Crippen LogP contribution in [0.15, 0.2) is 0 Å². The summed E-state index contributed by atoms with van der Waals surface area (Å²) in [6.45, 7) is 6.14. The average molecular weight is 502 g/mol. The zero-order valence-corrected chi connectivity index (χ0v) is 21.1. The van der Waals surface area contributed by atoms with Crippen LogP contribution in [0.4, 0.5) is 0 Å². The van der Waals surface area contributed by atoms with E-state index in [1.54, 1.807) is 0 Å². The molecule has 5 fully saturated rings. The van der Waals surface area contributed by atoms with Crippen molar-refractivity contribution >= 4 is 33.8 Å². The Morgan fingerprint density at radius 1 is 1.12 bits per heavy atom. The first-order chi connectivity index (χ1) is 15.7. The summed E-state index contributed by atoms with van der Waals surface area (Å²) in [5.41, 5.74) is -0.511. The number of nitrogens with zero attached hydrogens (tertiary/aromatic N) is 1. The Hall–Kier alpha value is -0.840. The molecule has 6 unspecified atom stereocenters. The largest absolute Gasteiger partial charge is 0.460 e. The van der Waals surface area contributed by atoms with Crippen LogP contribution < -0.4 is 0 Å². The van der Waals surface area contributed by atoms with Crippen LogP contribution in [0.2, 0.25) is 0 Å². The Labute approximate surface area is 200 Å². The van der Waals surface area contributed by atoms with Crippen molar-refractivity contribution < 1.29 is 31.7 Å². The van der Waals surface area contributed by atoms with Gasteiger partial charge in [0.15, 0.2) is 0 Å². The van der Waals surface area contributed by atoms with Crippen LogP contribution in [-0.2, 0) is 33.4 Å². The zero-order chi connectivity index (χ0) is 23.4. The van der Waals surface area contributed by atoms with Gasteiger partial charge in [0.2, 0.25) is 0 Å². The van der Waals surface area contributed by atoms with Crippen LogP contribution in [0.5, 0.6) is 0 Å². The summed E-state index contributed by atoms with van der Waals surface area (Å²) in [6.07, 6.45) is 3.59. The fourth-order valence-corrected chi connectivity index (χ4v) is 9.86. The Morgan fingerprint density at radius 2 is 1.82 bits per heavy atom. The number of fused-ring (bicyclic) bond motifs is 5. The topological polar surface area (TPSA) is 99.2 Å². The summed E-state index contributed by atoms with van der Waals surface area (Å²) < 4.78 is 42.6. The molecule has 5 rings (SSSR count). The lowest BCUT2D eigenvalue weighted by Crippen LogP contribution is -2.50. The Kier molecular flexibility index (Phi) is 6.50. The van der Waals surface area contributed by atoms with Crippen molar-refractivity contribution in [3.05, 3.63) is 0 Å². The van der Waals surface area contributed by atoms with Gasteiger partial charge in [-0.25, -0.2) is 0 Å². The average Bonchev–Trinajstić information content (AvgIpc) is 3.51. The molecule has 3 aliphatic carbocycles. The summed E-state index contributed by atoms with van der Waals surface area (Å²) in [5, 5.41) is -0.701. The lowest BCUT2D eigenvalue weighted by atomic mass is 9.79. The molecule has 0 aromatic heterocycles. The molecule has 6 atom stereocenters. The number of ether oxygens (including phenoxy) is 2. The third-order valence-corrected chi connectivity index (χ3v) is 11.5. The summed E-state index contributed by atoms with van der Waals surface area (Å²) in [6, 6.07) is 0. The number of hydrogen-bond donors (Lipinski definition) is 0. The number of hydrogen-bond acceptors (Lipinski definition) is 9. The first kappa shape index (κ1) is 23.9. The predicted molar refractivity (Wildman–Crippen MR) is 123 cm³/mol. The summed E-state index contributed by atoms with van der Waals surface area (Å²) in [5.74, 6) is -0.153. The zero-order valence-electron chi connectivity index (χ0n) is 19.4. The summed E-state index contributed by atoms with van der Waals surface area (Å²) in [4.78, 5) is 28.6.